The summed E-state index contributed by atoms with van der Waals surface area (Å²) in [7, 11) is 0. The van der Waals surface area contributed by atoms with Gasteiger partial charge >= 0.3 is 0 Å². The van der Waals surface area contributed by atoms with Gasteiger partial charge in [-0.05, 0) is 56.4 Å². The highest BCUT2D eigenvalue weighted by atomic mass is 19.1. The molecule has 2 heterocycles. The topological polar surface area (TPSA) is 66.0 Å². The van der Waals surface area contributed by atoms with Crippen molar-refractivity contribution in [3.05, 3.63) is 65.0 Å². The van der Waals surface area contributed by atoms with E-state index < -0.39 is 0 Å². The van der Waals surface area contributed by atoms with Crippen LogP contribution in [0.4, 0.5) is 27.9 Å². The van der Waals surface area contributed by atoms with Crippen molar-refractivity contribution < 1.29 is 4.39 Å². The highest BCUT2D eigenvalue weighted by Gasteiger charge is 2.16. The van der Waals surface area contributed by atoms with Crippen molar-refractivity contribution in [3.63, 3.8) is 0 Å². The maximum Gasteiger partial charge on any atom is 0.233 e. The van der Waals surface area contributed by atoms with Crippen LogP contribution in [-0.4, -0.2) is 34.6 Å². The van der Waals surface area contributed by atoms with Gasteiger partial charge in [0.05, 0.1) is 0 Å². The summed E-state index contributed by atoms with van der Waals surface area (Å²) in [6.45, 7) is 6.42. The third-order valence-electron chi connectivity index (χ3n) is 5.76. The van der Waals surface area contributed by atoms with Gasteiger partial charge < -0.3 is 15.5 Å². The molecule has 1 aliphatic rings. The molecular weight excluding hydrogens is 403 g/mol. The first-order chi connectivity index (χ1) is 15.6. The second kappa shape index (κ2) is 10.4. The predicted molar refractivity (Wildman–Crippen MR) is 128 cm³/mol. The molecule has 0 bridgehead atoms. The number of hydrogen-bond donors (Lipinski definition) is 2. The number of aryl methyl sites for hydroxylation is 2. The number of aromatic nitrogens is 3. The molecule has 0 saturated carbocycles. The van der Waals surface area contributed by atoms with Crippen molar-refractivity contribution in [3.8, 4) is 0 Å². The molecule has 0 spiro atoms. The van der Waals surface area contributed by atoms with Gasteiger partial charge in [-0.1, -0.05) is 48.7 Å². The minimum absolute atomic E-state index is 0.256. The minimum atomic E-state index is -0.256. The van der Waals surface area contributed by atoms with Crippen LogP contribution in [0.5, 0.6) is 0 Å². The fraction of sp³-hybridized carbons (Fsp3) is 0.400. The zero-order valence-corrected chi connectivity index (χ0v) is 18.9. The van der Waals surface area contributed by atoms with E-state index in [9.17, 15) is 4.39 Å². The molecule has 0 unspecified atom stereocenters. The lowest BCUT2D eigenvalue weighted by Crippen LogP contribution is -2.27. The summed E-state index contributed by atoms with van der Waals surface area (Å²) in [6.07, 6.45) is 5.60. The molecular formula is C25H31FN6. The average Bonchev–Trinajstić information content (AvgIpc) is 3.07. The van der Waals surface area contributed by atoms with Gasteiger partial charge in [-0.3, -0.25) is 0 Å². The fourth-order valence-electron chi connectivity index (χ4n) is 3.78. The van der Waals surface area contributed by atoms with Gasteiger partial charge in [-0.15, -0.1) is 0 Å². The second-order valence-electron chi connectivity index (χ2n) is 8.44. The van der Waals surface area contributed by atoms with Gasteiger partial charge in [0.25, 0.3) is 0 Å². The van der Waals surface area contributed by atoms with E-state index in [-0.39, 0.29) is 5.82 Å². The molecule has 32 heavy (non-hydrogen) atoms. The molecule has 4 rings (SSSR count). The van der Waals surface area contributed by atoms with E-state index in [1.807, 2.05) is 6.07 Å². The molecule has 2 aromatic carbocycles. The molecule has 1 aromatic heterocycles. The first-order valence-corrected chi connectivity index (χ1v) is 11.4. The zero-order chi connectivity index (χ0) is 22.3. The van der Waals surface area contributed by atoms with Crippen LogP contribution in [0.3, 0.4) is 0 Å². The Morgan fingerprint density at radius 3 is 2.31 bits per heavy atom. The Balaban J connectivity index is 1.53. The molecule has 3 aromatic rings. The summed E-state index contributed by atoms with van der Waals surface area (Å²) < 4.78 is 14.0. The van der Waals surface area contributed by atoms with E-state index in [2.05, 4.69) is 56.7 Å². The van der Waals surface area contributed by atoms with Crippen molar-refractivity contribution in [2.45, 2.75) is 46.0 Å². The van der Waals surface area contributed by atoms with E-state index in [4.69, 9.17) is 4.98 Å². The summed E-state index contributed by atoms with van der Waals surface area (Å²) >= 11 is 0. The van der Waals surface area contributed by atoms with E-state index in [1.54, 1.807) is 13.0 Å². The maximum absolute atomic E-state index is 14.0. The lowest BCUT2D eigenvalue weighted by Gasteiger charge is -2.21. The molecule has 0 aliphatic carbocycles. The van der Waals surface area contributed by atoms with E-state index in [0.29, 0.717) is 35.6 Å². The molecule has 0 radical (unpaired) electrons. The molecule has 1 aliphatic heterocycles. The zero-order valence-electron chi connectivity index (χ0n) is 18.9. The summed E-state index contributed by atoms with van der Waals surface area (Å²) in [5, 5.41) is 6.50. The number of rotatable bonds is 7. The van der Waals surface area contributed by atoms with E-state index in [1.165, 1.54) is 30.0 Å². The first-order valence-electron chi connectivity index (χ1n) is 11.4. The molecule has 0 atom stereocenters. The molecule has 6 nitrogen and oxygen atoms in total. The molecule has 2 N–H and O–H groups in total. The summed E-state index contributed by atoms with van der Waals surface area (Å²) in [6, 6.07) is 13.6. The van der Waals surface area contributed by atoms with Crippen molar-refractivity contribution in [2.75, 3.05) is 35.2 Å². The first kappa shape index (κ1) is 22.0. The number of hydrogen-bond acceptors (Lipinski definition) is 6. The van der Waals surface area contributed by atoms with Gasteiger partial charge in [0.1, 0.15) is 5.82 Å². The van der Waals surface area contributed by atoms with Crippen molar-refractivity contribution >= 4 is 23.5 Å². The highest BCUT2D eigenvalue weighted by molar-refractivity contribution is 5.56. The molecule has 7 heteroatoms. The van der Waals surface area contributed by atoms with Crippen LogP contribution in [0.1, 0.15) is 42.4 Å². The number of anilines is 4. The average molecular weight is 435 g/mol. The van der Waals surface area contributed by atoms with Gasteiger partial charge in [0.15, 0.2) is 0 Å². The molecule has 168 valence electrons. The van der Waals surface area contributed by atoms with Crippen LogP contribution in [0, 0.1) is 19.7 Å². The Kier molecular flexibility index (Phi) is 7.14. The van der Waals surface area contributed by atoms with E-state index >= 15 is 0 Å². The highest BCUT2D eigenvalue weighted by Crippen LogP contribution is 2.22. The fourth-order valence-corrected chi connectivity index (χ4v) is 3.78. The van der Waals surface area contributed by atoms with E-state index in [0.717, 1.165) is 32.4 Å². The quantitative estimate of drug-likeness (QED) is 0.519. The Morgan fingerprint density at radius 2 is 1.59 bits per heavy atom. The van der Waals surface area contributed by atoms with Gasteiger partial charge in [-0.25, -0.2) is 4.39 Å². The lowest BCUT2D eigenvalue weighted by atomic mass is 10.1. The third kappa shape index (κ3) is 5.93. The molecule has 0 amide bonds. The summed E-state index contributed by atoms with van der Waals surface area (Å²) in [5.41, 5.74) is 3.74. The third-order valence-corrected chi connectivity index (χ3v) is 5.76. The van der Waals surface area contributed by atoms with Crippen molar-refractivity contribution in [1.29, 1.82) is 0 Å². The normalized spacial score (nSPS) is 14.2. The smallest absolute Gasteiger partial charge is 0.233 e. The Hall–Kier alpha value is -3.22. The summed E-state index contributed by atoms with van der Waals surface area (Å²) in [5.74, 6) is 1.35. The van der Waals surface area contributed by atoms with Gasteiger partial charge in [0.2, 0.25) is 17.8 Å². The van der Waals surface area contributed by atoms with Crippen molar-refractivity contribution in [2.24, 2.45) is 0 Å². The Morgan fingerprint density at radius 1 is 0.875 bits per heavy atom. The van der Waals surface area contributed by atoms with Crippen molar-refractivity contribution in [1.82, 2.24) is 15.0 Å². The SMILES string of the molecule is Cc1ccc(CCNc2nc(Nc3ccc(C)c(F)c3)nc(N3CCCCCC3)n2)cc1. The molecule has 1 fully saturated rings. The number of nitrogens with zero attached hydrogens (tertiary/aromatic N) is 4. The van der Waals surface area contributed by atoms with Gasteiger partial charge in [-0.2, -0.15) is 15.0 Å². The Labute approximate surface area is 189 Å². The predicted octanol–water partition coefficient (Wildman–Crippen LogP) is 5.41. The summed E-state index contributed by atoms with van der Waals surface area (Å²) in [4.78, 5) is 16.1. The second-order valence-corrected chi connectivity index (χ2v) is 8.44. The largest absolute Gasteiger partial charge is 0.354 e. The number of benzene rings is 2. The lowest BCUT2D eigenvalue weighted by molar-refractivity contribution is 0.619. The molecule has 1 saturated heterocycles. The van der Waals surface area contributed by atoms with Crippen LogP contribution in [0.2, 0.25) is 0 Å². The van der Waals surface area contributed by atoms with Crippen LogP contribution in [0.25, 0.3) is 0 Å². The Bertz CT molecular complexity index is 1030. The van der Waals surface area contributed by atoms with Crippen LogP contribution >= 0.6 is 0 Å². The number of halogens is 1. The monoisotopic (exact) mass is 434 g/mol. The number of nitrogens with one attached hydrogen (secondary N) is 2. The van der Waals surface area contributed by atoms with Crippen LogP contribution in [-0.2, 0) is 6.42 Å². The minimum Gasteiger partial charge on any atom is -0.354 e. The maximum atomic E-state index is 14.0. The van der Waals surface area contributed by atoms with Crippen LogP contribution in [0.15, 0.2) is 42.5 Å². The van der Waals surface area contributed by atoms with Crippen LogP contribution < -0.4 is 15.5 Å². The van der Waals surface area contributed by atoms with Gasteiger partial charge in [0, 0.05) is 25.3 Å². The standard InChI is InChI=1S/C25H31FN6/c1-18-7-10-20(11-8-18)13-14-27-23-29-24(28-21-12-9-19(2)22(26)17-21)31-25(30-23)32-15-5-3-4-6-16-32/h7-12,17H,3-6,13-16H2,1-2H3,(H2,27,28,29,30,31).